The third-order valence-electron chi connectivity index (χ3n) is 1.46. The zero-order chi connectivity index (χ0) is 8.55. The molecular weight excluding hydrogens is 353 g/mol. The van der Waals surface area contributed by atoms with Crippen LogP contribution in [0.15, 0.2) is 23.2 Å². The number of aromatic nitrogens is 3. The minimum absolute atomic E-state index is 0.941. The molecule has 0 aromatic carbocycles. The molecule has 2 aromatic heterocycles. The maximum absolute atomic E-state index is 4.17. The van der Waals surface area contributed by atoms with Crippen LogP contribution in [-0.4, -0.2) is 13.9 Å². The van der Waals surface area contributed by atoms with Crippen LogP contribution in [0.1, 0.15) is 0 Å². The molecule has 6 heteroatoms. The van der Waals surface area contributed by atoms with Crippen molar-refractivity contribution in [1.29, 1.82) is 0 Å². The molecule has 12 heavy (non-hydrogen) atoms. The molecule has 2 heterocycles. The minimum Gasteiger partial charge on any atom is -0.265 e. The molecule has 3 nitrogen and oxygen atoms in total. The first-order valence-corrected chi connectivity index (χ1v) is 7.19. The zero-order valence-corrected chi connectivity index (χ0v) is 10.3. The summed E-state index contributed by atoms with van der Waals surface area (Å²) in [7, 11) is 1.59. The number of halogens is 2. The zero-order valence-electron chi connectivity index (χ0n) is 5.74. The molecule has 0 aliphatic rings. The van der Waals surface area contributed by atoms with E-state index in [1.54, 1.807) is 21.6 Å². The largest absolute Gasteiger partial charge is 0.265 e. The highest BCUT2D eigenvalue weighted by molar-refractivity contribution is 14.2. The Morgan fingerprint density at radius 2 is 2.42 bits per heavy atom. The van der Waals surface area contributed by atoms with Crippen LogP contribution in [0.2, 0.25) is 0 Å². The number of hydrogen-bond acceptors (Lipinski definition) is 3. The maximum atomic E-state index is 4.17. The predicted molar refractivity (Wildman–Crippen MR) is 62.2 cm³/mol. The number of fused-ring (bicyclic) bond motifs is 1. The highest BCUT2D eigenvalue weighted by Gasteiger charge is 2.06. The lowest BCUT2D eigenvalue weighted by Crippen LogP contribution is -1.83. The second-order valence-corrected chi connectivity index (χ2v) is 4.70. The van der Waals surface area contributed by atoms with Crippen LogP contribution in [0.3, 0.4) is 0 Å². The van der Waals surface area contributed by atoms with E-state index in [4.69, 9.17) is 0 Å². The molecule has 0 atom stereocenters. The standard InChI is InChI=1S/C6H3BrIN3S/c7-5-2-11(12-8)6-4(5)1-9-3-10-6/h1-3H. The molecule has 0 spiro atoms. The molecule has 0 amide bonds. The number of hydrogen-bond donors (Lipinski definition) is 0. The Bertz CT molecular complexity index is 416. The highest BCUT2D eigenvalue weighted by atomic mass is 127. The van der Waals surface area contributed by atoms with Crippen molar-refractivity contribution in [2.75, 3.05) is 0 Å². The summed E-state index contributed by atoms with van der Waals surface area (Å²) in [4.78, 5) is 8.12. The van der Waals surface area contributed by atoms with Gasteiger partial charge in [0.2, 0.25) is 0 Å². The first kappa shape index (κ1) is 8.76. The van der Waals surface area contributed by atoms with Crippen LogP contribution < -0.4 is 0 Å². The van der Waals surface area contributed by atoms with Gasteiger partial charge in [0.1, 0.15) is 6.33 Å². The van der Waals surface area contributed by atoms with Crippen molar-refractivity contribution in [3.63, 3.8) is 0 Å². The van der Waals surface area contributed by atoms with Gasteiger partial charge in [0.05, 0.1) is 5.39 Å². The SMILES string of the molecule is Brc1cn(SI)c2ncncc12. The average molecular weight is 356 g/mol. The van der Waals surface area contributed by atoms with Crippen molar-refractivity contribution in [2.45, 2.75) is 0 Å². The van der Waals surface area contributed by atoms with Crippen LogP contribution in [0.25, 0.3) is 11.0 Å². The van der Waals surface area contributed by atoms with Crippen molar-refractivity contribution in [3.8, 4) is 0 Å². The first-order valence-electron chi connectivity index (χ1n) is 3.08. The van der Waals surface area contributed by atoms with Gasteiger partial charge in [-0.15, -0.1) is 0 Å². The smallest absolute Gasteiger partial charge is 0.155 e. The molecule has 2 rings (SSSR count). The molecule has 0 radical (unpaired) electrons. The third-order valence-corrected chi connectivity index (χ3v) is 3.79. The summed E-state index contributed by atoms with van der Waals surface area (Å²) in [5.74, 6) is 0. The van der Waals surface area contributed by atoms with E-state index in [0.29, 0.717) is 0 Å². The van der Waals surface area contributed by atoms with Crippen LogP contribution >= 0.6 is 46.3 Å². The Morgan fingerprint density at radius 1 is 1.58 bits per heavy atom. The predicted octanol–water partition coefficient (Wildman–Crippen LogP) is 3.04. The van der Waals surface area contributed by atoms with Crippen molar-refractivity contribution in [3.05, 3.63) is 23.2 Å². The van der Waals surface area contributed by atoms with Gasteiger partial charge in [-0.25, -0.2) is 9.97 Å². The van der Waals surface area contributed by atoms with Gasteiger partial charge >= 0.3 is 0 Å². The van der Waals surface area contributed by atoms with Crippen LogP contribution in [0, 0.1) is 0 Å². The fourth-order valence-corrected chi connectivity index (χ4v) is 2.83. The van der Waals surface area contributed by atoms with E-state index in [9.17, 15) is 0 Å². The van der Waals surface area contributed by atoms with E-state index in [1.165, 1.54) is 0 Å². The van der Waals surface area contributed by atoms with E-state index in [1.807, 2.05) is 10.2 Å². The topological polar surface area (TPSA) is 30.7 Å². The molecule has 0 aliphatic heterocycles. The Balaban J connectivity index is 2.82. The molecule has 62 valence electrons. The number of nitrogens with zero attached hydrogens (tertiary/aromatic N) is 3. The lowest BCUT2D eigenvalue weighted by Gasteiger charge is -1.93. The molecule has 0 saturated heterocycles. The van der Waals surface area contributed by atoms with E-state index < -0.39 is 0 Å². The summed E-state index contributed by atoms with van der Waals surface area (Å²) in [6, 6.07) is 0. The van der Waals surface area contributed by atoms with Gasteiger partial charge in [-0.2, -0.15) is 0 Å². The fraction of sp³-hybridized carbons (Fsp3) is 0. The lowest BCUT2D eigenvalue weighted by atomic mass is 10.4. The second-order valence-electron chi connectivity index (χ2n) is 2.13. The van der Waals surface area contributed by atoms with Crippen LogP contribution in [-0.2, 0) is 0 Å². The van der Waals surface area contributed by atoms with E-state index in [0.717, 1.165) is 15.5 Å². The third kappa shape index (κ3) is 1.35. The molecule has 0 unspecified atom stereocenters. The Hall–Kier alpha value is 0.180. The second kappa shape index (κ2) is 3.51. The summed E-state index contributed by atoms with van der Waals surface area (Å²) in [5.41, 5.74) is 0.941. The van der Waals surface area contributed by atoms with Gasteiger partial charge in [-0.05, 0) is 15.9 Å². The highest BCUT2D eigenvalue weighted by Crippen LogP contribution is 2.29. The summed E-state index contributed by atoms with van der Waals surface area (Å²) in [6.45, 7) is 0. The molecule has 0 fully saturated rings. The van der Waals surface area contributed by atoms with Gasteiger partial charge in [-0.3, -0.25) is 3.97 Å². The van der Waals surface area contributed by atoms with Crippen LogP contribution in [0.5, 0.6) is 0 Å². The van der Waals surface area contributed by atoms with Crippen LogP contribution in [0.4, 0.5) is 0 Å². The molecule has 0 aliphatic carbocycles. The van der Waals surface area contributed by atoms with Crippen molar-refractivity contribution in [1.82, 2.24) is 13.9 Å². The van der Waals surface area contributed by atoms with Gasteiger partial charge in [0.15, 0.2) is 5.65 Å². The van der Waals surface area contributed by atoms with Gasteiger partial charge < -0.3 is 0 Å². The van der Waals surface area contributed by atoms with E-state index in [2.05, 4.69) is 47.1 Å². The Morgan fingerprint density at radius 3 is 3.17 bits per heavy atom. The molecule has 0 saturated carbocycles. The van der Waals surface area contributed by atoms with Crippen molar-refractivity contribution < 1.29 is 0 Å². The molecule has 0 bridgehead atoms. The van der Waals surface area contributed by atoms with Crippen molar-refractivity contribution in [2.24, 2.45) is 0 Å². The molecular formula is C6H3BrIN3S. The van der Waals surface area contributed by atoms with E-state index >= 15 is 0 Å². The van der Waals surface area contributed by atoms with Gasteiger partial charge in [-0.1, -0.05) is 0 Å². The summed E-state index contributed by atoms with van der Waals surface area (Å²) >= 11 is 5.65. The quantitative estimate of drug-likeness (QED) is 0.736. The average Bonchev–Trinajstić information content (AvgIpc) is 2.44. The molecule has 2 aromatic rings. The summed E-state index contributed by atoms with van der Waals surface area (Å²) < 4.78 is 3.02. The summed E-state index contributed by atoms with van der Waals surface area (Å²) in [6.07, 6.45) is 5.34. The maximum Gasteiger partial charge on any atom is 0.155 e. The Labute approximate surface area is 93.8 Å². The fourth-order valence-electron chi connectivity index (χ4n) is 0.953. The van der Waals surface area contributed by atoms with Gasteiger partial charge in [0, 0.05) is 47.2 Å². The summed E-state index contributed by atoms with van der Waals surface area (Å²) in [5, 5.41) is 1.04. The molecule has 0 N–H and O–H groups in total. The van der Waals surface area contributed by atoms with Gasteiger partial charge in [0.25, 0.3) is 0 Å². The first-order chi connectivity index (χ1) is 5.83. The van der Waals surface area contributed by atoms with E-state index in [-0.39, 0.29) is 0 Å². The number of rotatable bonds is 1. The minimum atomic E-state index is 0.941. The monoisotopic (exact) mass is 355 g/mol. The normalized spacial score (nSPS) is 10.8. The van der Waals surface area contributed by atoms with Crippen molar-refractivity contribution >= 4 is 57.3 Å². The lowest BCUT2D eigenvalue weighted by molar-refractivity contribution is 1.18. The Kier molecular flexibility index (Phi) is 2.56.